The normalized spacial score (nSPS) is 17.5. The van der Waals surface area contributed by atoms with Crippen molar-refractivity contribution in [1.29, 1.82) is 0 Å². The van der Waals surface area contributed by atoms with Crippen LogP contribution in [-0.2, 0) is 22.4 Å². The highest BCUT2D eigenvalue weighted by Crippen LogP contribution is 2.20. The molecule has 1 aromatic heterocycles. The molecule has 2 aliphatic rings. The summed E-state index contributed by atoms with van der Waals surface area (Å²) in [5.74, 6) is 0.203. The number of hydrogen-bond acceptors (Lipinski definition) is 5. The highest BCUT2D eigenvalue weighted by molar-refractivity contribution is 5.76. The Morgan fingerprint density at radius 2 is 2.21 bits per heavy atom. The Morgan fingerprint density at radius 1 is 1.38 bits per heavy atom. The van der Waals surface area contributed by atoms with Crippen molar-refractivity contribution in [2.75, 3.05) is 31.5 Å². The lowest BCUT2D eigenvalue weighted by atomic mass is 10.1. The Balaban J connectivity index is 1.35. The SMILES string of the molecule is O=C(O)CN1CC(NC(=O)CCCc2ccc3c(n2)NCCC3)C1. The van der Waals surface area contributed by atoms with E-state index in [9.17, 15) is 9.59 Å². The summed E-state index contributed by atoms with van der Waals surface area (Å²) in [6, 6.07) is 4.28. The van der Waals surface area contributed by atoms with Crippen molar-refractivity contribution < 1.29 is 14.7 Å². The van der Waals surface area contributed by atoms with Crippen LogP contribution in [0.15, 0.2) is 12.1 Å². The third-order valence-corrected chi connectivity index (χ3v) is 4.47. The molecule has 0 saturated carbocycles. The molecule has 7 heteroatoms. The minimum atomic E-state index is -0.827. The molecule has 1 saturated heterocycles. The molecule has 3 N–H and O–H groups in total. The Hall–Kier alpha value is -2.15. The number of aryl methyl sites for hydroxylation is 2. The zero-order chi connectivity index (χ0) is 16.9. The first-order valence-electron chi connectivity index (χ1n) is 8.56. The van der Waals surface area contributed by atoms with Crippen molar-refractivity contribution in [2.24, 2.45) is 0 Å². The van der Waals surface area contributed by atoms with Crippen LogP contribution in [0, 0.1) is 0 Å². The molecule has 0 aromatic carbocycles. The second-order valence-electron chi connectivity index (χ2n) is 6.55. The van der Waals surface area contributed by atoms with Gasteiger partial charge in [-0.15, -0.1) is 0 Å². The van der Waals surface area contributed by atoms with E-state index < -0.39 is 5.97 Å². The number of nitrogens with one attached hydrogen (secondary N) is 2. The van der Waals surface area contributed by atoms with Crippen LogP contribution >= 0.6 is 0 Å². The fourth-order valence-corrected chi connectivity index (χ4v) is 3.22. The highest BCUT2D eigenvalue weighted by Gasteiger charge is 2.28. The predicted molar refractivity (Wildman–Crippen MR) is 90.0 cm³/mol. The van der Waals surface area contributed by atoms with Crippen LogP contribution in [0.5, 0.6) is 0 Å². The number of fused-ring (bicyclic) bond motifs is 1. The summed E-state index contributed by atoms with van der Waals surface area (Å²) < 4.78 is 0. The second kappa shape index (κ2) is 7.61. The number of hydrogen-bond donors (Lipinski definition) is 3. The zero-order valence-electron chi connectivity index (χ0n) is 13.8. The van der Waals surface area contributed by atoms with Crippen LogP contribution < -0.4 is 10.6 Å². The molecule has 3 rings (SSSR count). The van der Waals surface area contributed by atoms with Crippen LogP contribution in [0.1, 0.15) is 30.5 Å². The zero-order valence-corrected chi connectivity index (χ0v) is 13.8. The van der Waals surface area contributed by atoms with E-state index in [1.54, 1.807) is 4.90 Å². The Kier molecular flexibility index (Phi) is 5.30. The summed E-state index contributed by atoms with van der Waals surface area (Å²) in [5, 5.41) is 14.9. The van der Waals surface area contributed by atoms with Gasteiger partial charge in [-0.3, -0.25) is 14.5 Å². The molecule has 0 bridgehead atoms. The largest absolute Gasteiger partial charge is 0.480 e. The second-order valence-corrected chi connectivity index (χ2v) is 6.55. The van der Waals surface area contributed by atoms with E-state index in [-0.39, 0.29) is 18.5 Å². The molecule has 3 heterocycles. The maximum absolute atomic E-state index is 11.9. The molecule has 0 spiro atoms. The maximum Gasteiger partial charge on any atom is 0.317 e. The molecule has 1 aromatic rings. The molecular formula is C17H24N4O3. The van der Waals surface area contributed by atoms with Crippen molar-refractivity contribution in [3.8, 4) is 0 Å². The molecule has 24 heavy (non-hydrogen) atoms. The third kappa shape index (κ3) is 4.44. The average Bonchev–Trinajstić information content (AvgIpc) is 2.52. The number of pyridine rings is 1. The third-order valence-electron chi connectivity index (χ3n) is 4.47. The van der Waals surface area contributed by atoms with Gasteiger partial charge in [-0.1, -0.05) is 6.07 Å². The first-order valence-corrected chi connectivity index (χ1v) is 8.56. The molecular weight excluding hydrogens is 308 g/mol. The van der Waals surface area contributed by atoms with Gasteiger partial charge in [0.2, 0.25) is 5.91 Å². The first kappa shape index (κ1) is 16.7. The monoisotopic (exact) mass is 332 g/mol. The number of rotatable bonds is 7. The van der Waals surface area contributed by atoms with Crippen LogP contribution in [0.25, 0.3) is 0 Å². The van der Waals surface area contributed by atoms with E-state index in [1.165, 1.54) is 5.56 Å². The van der Waals surface area contributed by atoms with Crippen molar-refractivity contribution in [3.63, 3.8) is 0 Å². The Bertz CT molecular complexity index is 614. The number of amides is 1. The van der Waals surface area contributed by atoms with Gasteiger partial charge in [0.05, 0.1) is 12.6 Å². The average molecular weight is 332 g/mol. The number of carboxylic acid groups (broad SMARTS) is 1. The molecule has 2 aliphatic heterocycles. The van der Waals surface area contributed by atoms with Crippen LogP contribution in [0.4, 0.5) is 5.82 Å². The number of carbonyl (C=O) groups excluding carboxylic acids is 1. The number of aliphatic carboxylic acids is 1. The van der Waals surface area contributed by atoms with E-state index in [0.29, 0.717) is 19.5 Å². The number of aromatic nitrogens is 1. The summed E-state index contributed by atoms with van der Waals surface area (Å²) in [7, 11) is 0. The summed E-state index contributed by atoms with van der Waals surface area (Å²) >= 11 is 0. The van der Waals surface area contributed by atoms with Crippen LogP contribution in [-0.4, -0.2) is 59.1 Å². The fraction of sp³-hybridized carbons (Fsp3) is 0.588. The molecule has 0 unspecified atom stereocenters. The highest BCUT2D eigenvalue weighted by atomic mass is 16.4. The summed E-state index contributed by atoms with van der Waals surface area (Å²) in [6.07, 6.45) is 4.26. The van der Waals surface area contributed by atoms with Gasteiger partial charge in [0.15, 0.2) is 0 Å². The quantitative estimate of drug-likeness (QED) is 0.679. The molecule has 0 atom stereocenters. The molecule has 130 valence electrons. The van der Waals surface area contributed by atoms with Crippen LogP contribution in [0.3, 0.4) is 0 Å². The minimum absolute atomic E-state index is 0.0334. The number of anilines is 1. The molecule has 1 amide bonds. The molecule has 7 nitrogen and oxygen atoms in total. The van der Waals surface area contributed by atoms with E-state index in [1.807, 2.05) is 0 Å². The standard InChI is InChI=1S/C17H24N4O3/c22-15(19-14-9-21(10-14)11-16(23)24)5-1-4-13-7-6-12-3-2-8-18-17(12)20-13/h6-7,14H,1-5,8-11H2,(H,18,20)(H,19,22)(H,23,24). The first-order chi connectivity index (χ1) is 11.6. The Morgan fingerprint density at radius 3 is 3.00 bits per heavy atom. The predicted octanol–water partition coefficient (Wildman–Crippen LogP) is 0.647. The number of carboxylic acids is 1. The topological polar surface area (TPSA) is 94.6 Å². The maximum atomic E-state index is 11.9. The van der Waals surface area contributed by atoms with Gasteiger partial charge >= 0.3 is 5.97 Å². The van der Waals surface area contributed by atoms with Gasteiger partial charge in [-0.05, 0) is 37.3 Å². The molecule has 0 aliphatic carbocycles. The lowest BCUT2D eigenvalue weighted by molar-refractivity contribution is -0.139. The lowest BCUT2D eigenvalue weighted by Gasteiger charge is -2.38. The van der Waals surface area contributed by atoms with E-state index >= 15 is 0 Å². The fourth-order valence-electron chi connectivity index (χ4n) is 3.22. The summed E-state index contributed by atoms with van der Waals surface area (Å²) in [6.45, 7) is 2.27. The lowest BCUT2D eigenvalue weighted by Crippen LogP contribution is -2.60. The van der Waals surface area contributed by atoms with E-state index in [4.69, 9.17) is 5.11 Å². The van der Waals surface area contributed by atoms with E-state index in [0.717, 1.165) is 43.7 Å². The van der Waals surface area contributed by atoms with Crippen molar-refractivity contribution in [2.45, 2.75) is 38.1 Å². The van der Waals surface area contributed by atoms with Gasteiger partial charge in [-0.25, -0.2) is 4.98 Å². The number of carbonyl (C=O) groups is 2. The minimum Gasteiger partial charge on any atom is -0.480 e. The number of likely N-dealkylation sites (tertiary alicyclic amines) is 1. The van der Waals surface area contributed by atoms with Gasteiger partial charge < -0.3 is 15.7 Å². The smallest absolute Gasteiger partial charge is 0.317 e. The van der Waals surface area contributed by atoms with Crippen molar-refractivity contribution >= 4 is 17.7 Å². The van der Waals surface area contributed by atoms with Gasteiger partial charge in [-0.2, -0.15) is 0 Å². The van der Waals surface area contributed by atoms with E-state index in [2.05, 4.69) is 27.8 Å². The van der Waals surface area contributed by atoms with Gasteiger partial charge in [0, 0.05) is 31.7 Å². The van der Waals surface area contributed by atoms with Gasteiger partial charge in [0.1, 0.15) is 5.82 Å². The van der Waals surface area contributed by atoms with Crippen molar-refractivity contribution in [1.82, 2.24) is 15.2 Å². The van der Waals surface area contributed by atoms with Crippen LogP contribution in [0.2, 0.25) is 0 Å². The number of nitrogens with zero attached hydrogens (tertiary/aromatic N) is 2. The molecule has 0 radical (unpaired) electrons. The summed E-state index contributed by atoms with van der Waals surface area (Å²) in [4.78, 5) is 28.9. The van der Waals surface area contributed by atoms with Gasteiger partial charge in [0.25, 0.3) is 0 Å². The Labute approximate surface area is 141 Å². The summed E-state index contributed by atoms with van der Waals surface area (Å²) in [5.41, 5.74) is 2.30. The van der Waals surface area contributed by atoms with Crippen molar-refractivity contribution in [3.05, 3.63) is 23.4 Å². The molecule has 1 fully saturated rings.